The molecular formula is C19H18FN5. The van der Waals surface area contributed by atoms with Gasteiger partial charge in [-0.3, -0.25) is 9.50 Å². The van der Waals surface area contributed by atoms with Gasteiger partial charge in [0, 0.05) is 34.5 Å². The first-order chi connectivity index (χ1) is 12.0. The Balaban J connectivity index is 1.90. The number of benzene rings is 1. The molecule has 3 aromatic heterocycles. The van der Waals surface area contributed by atoms with Gasteiger partial charge in [0.25, 0.3) is 0 Å². The maximum absolute atomic E-state index is 13.2. The summed E-state index contributed by atoms with van der Waals surface area (Å²) in [7, 11) is 0. The van der Waals surface area contributed by atoms with Crippen molar-refractivity contribution < 1.29 is 4.39 Å². The Hall–Kier alpha value is -3.02. The summed E-state index contributed by atoms with van der Waals surface area (Å²) in [5.41, 5.74) is 5.45. The fourth-order valence-corrected chi connectivity index (χ4v) is 3.05. The molecule has 1 aromatic carbocycles. The van der Waals surface area contributed by atoms with Crippen LogP contribution in [0.2, 0.25) is 0 Å². The van der Waals surface area contributed by atoms with E-state index in [0.29, 0.717) is 0 Å². The molecule has 0 aliphatic rings. The van der Waals surface area contributed by atoms with Crippen molar-refractivity contribution in [3.8, 4) is 22.4 Å². The highest BCUT2D eigenvalue weighted by molar-refractivity contribution is 5.82. The monoisotopic (exact) mass is 335 g/mol. The zero-order chi connectivity index (χ0) is 17.6. The van der Waals surface area contributed by atoms with E-state index < -0.39 is 0 Å². The van der Waals surface area contributed by atoms with Gasteiger partial charge in [0.1, 0.15) is 17.3 Å². The molecule has 126 valence electrons. The molecule has 0 unspecified atom stereocenters. The van der Waals surface area contributed by atoms with Crippen molar-refractivity contribution in [3.05, 3.63) is 59.9 Å². The molecule has 0 saturated heterocycles. The third-order valence-electron chi connectivity index (χ3n) is 4.30. The van der Waals surface area contributed by atoms with Crippen molar-refractivity contribution in [3.63, 3.8) is 0 Å². The van der Waals surface area contributed by atoms with Crippen molar-refractivity contribution in [2.45, 2.75) is 26.7 Å². The maximum Gasteiger partial charge on any atom is 0.160 e. The van der Waals surface area contributed by atoms with Crippen molar-refractivity contribution in [1.29, 1.82) is 0 Å². The van der Waals surface area contributed by atoms with Crippen LogP contribution in [0.1, 0.15) is 31.3 Å². The SMILES string of the molecule is Cc1[nH]nc(-c2ccc(F)cc2)c1-c1ccc2nnc(C(C)C)n2c1. The van der Waals surface area contributed by atoms with E-state index in [9.17, 15) is 4.39 Å². The summed E-state index contributed by atoms with van der Waals surface area (Å²) in [6.07, 6.45) is 2.04. The van der Waals surface area contributed by atoms with Gasteiger partial charge >= 0.3 is 0 Å². The predicted molar refractivity (Wildman–Crippen MR) is 94.8 cm³/mol. The summed E-state index contributed by atoms with van der Waals surface area (Å²) in [5, 5.41) is 16.0. The second kappa shape index (κ2) is 5.81. The number of pyridine rings is 1. The van der Waals surface area contributed by atoms with Crippen molar-refractivity contribution in [2.24, 2.45) is 0 Å². The lowest BCUT2D eigenvalue weighted by molar-refractivity contribution is 0.628. The van der Waals surface area contributed by atoms with Gasteiger partial charge in [-0.2, -0.15) is 5.10 Å². The molecule has 0 aliphatic heterocycles. The molecule has 1 N–H and O–H groups in total. The lowest BCUT2D eigenvalue weighted by Gasteiger charge is -2.08. The molecule has 25 heavy (non-hydrogen) atoms. The third-order valence-corrected chi connectivity index (χ3v) is 4.30. The molecule has 4 rings (SSSR count). The van der Waals surface area contributed by atoms with Crippen molar-refractivity contribution in [1.82, 2.24) is 24.8 Å². The van der Waals surface area contributed by atoms with E-state index >= 15 is 0 Å². The first-order valence-electron chi connectivity index (χ1n) is 8.20. The van der Waals surface area contributed by atoms with Gasteiger partial charge in [-0.25, -0.2) is 4.39 Å². The van der Waals surface area contributed by atoms with E-state index in [0.717, 1.165) is 39.5 Å². The van der Waals surface area contributed by atoms with Gasteiger partial charge in [-0.1, -0.05) is 13.8 Å². The highest BCUT2D eigenvalue weighted by atomic mass is 19.1. The van der Waals surface area contributed by atoms with Crippen molar-refractivity contribution >= 4 is 5.65 Å². The van der Waals surface area contributed by atoms with Crippen LogP contribution in [0.5, 0.6) is 0 Å². The van der Waals surface area contributed by atoms with Gasteiger partial charge in [0.15, 0.2) is 5.65 Å². The number of fused-ring (bicyclic) bond motifs is 1. The lowest BCUT2D eigenvalue weighted by atomic mass is 10.0. The van der Waals surface area contributed by atoms with E-state index in [2.05, 4.69) is 34.2 Å². The molecule has 0 radical (unpaired) electrons. The normalized spacial score (nSPS) is 11.6. The number of nitrogens with zero attached hydrogens (tertiary/aromatic N) is 4. The molecule has 0 amide bonds. The highest BCUT2D eigenvalue weighted by Crippen LogP contribution is 2.33. The minimum Gasteiger partial charge on any atom is -0.286 e. The Kier molecular flexibility index (Phi) is 3.60. The topological polar surface area (TPSA) is 58.9 Å². The second-order valence-corrected chi connectivity index (χ2v) is 6.44. The smallest absolute Gasteiger partial charge is 0.160 e. The standard InChI is InChI=1S/C19H18FN5/c1-11(2)19-24-22-16-9-6-14(10-25(16)19)17-12(3)21-23-18(17)13-4-7-15(20)8-5-13/h4-11H,1-3H3,(H,21,23). The van der Waals surface area contributed by atoms with Crippen LogP contribution >= 0.6 is 0 Å². The Morgan fingerprint density at radius 3 is 2.44 bits per heavy atom. The Morgan fingerprint density at radius 1 is 1.00 bits per heavy atom. The summed E-state index contributed by atoms with van der Waals surface area (Å²) < 4.78 is 15.3. The van der Waals surface area contributed by atoms with Crippen LogP contribution < -0.4 is 0 Å². The third kappa shape index (κ3) is 2.59. The molecule has 0 saturated carbocycles. The molecule has 3 heterocycles. The summed E-state index contributed by atoms with van der Waals surface area (Å²) in [5.74, 6) is 0.929. The van der Waals surface area contributed by atoms with E-state index in [1.165, 1.54) is 12.1 Å². The van der Waals surface area contributed by atoms with E-state index in [-0.39, 0.29) is 11.7 Å². The Morgan fingerprint density at radius 2 is 1.72 bits per heavy atom. The number of nitrogens with one attached hydrogen (secondary N) is 1. The van der Waals surface area contributed by atoms with Gasteiger partial charge in [0.2, 0.25) is 0 Å². The van der Waals surface area contributed by atoms with Gasteiger partial charge < -0.3 is 0 Å². The number of H-pyrrole nitrogens is 1. The van der Waals surface area contributed by atoms with Crippen LogP contribution in [0.25, 0.3) is 28.0 Å². The fraction of sp³-hybridized carbons (Fsp3) is 0.211. The predicted octanol–water partition coefficient (Wildman–Crippen LogP) is 4.36. The van der Waals surface area contributed by atoms with Crippen LogP contribution in [0, 0.1) is 12.7 Å². The van der Waals surface area contributed by atoms with Crippen LogP contribution in [-0.4, -0.2) is 24.8 Å². The summed E-state index contributed by atoms with van der Waals surface area (Å²) in [4.78, 5) is 0. The summed E-state index contributed by atoms with van der Waals surface area (Å²) in [6, 6.07) is 10.3. The highest BCUT2D eigenvalue weighted by Gasteiger charge is 2.17. The quantitative estimate of drug-likeness (QED) is 0.605. The number of hydrogen-bond acceptors (Lipinski definition) is 3. The molecule has 0 fully saturated rings. The van der Waals surface area contributed by atoms with Gasteiger partial charge in [0.05, 0.1) is 0 Å². The lowest BCUT2D eigenvalue weighted by Crippen LogP contribution is -1.97. The largest absolute Gasteiger partial charge is 0.286 e. The minimum absolute atomic E-state index is 0.259. The Labute approximate surface area is 144 Å². The average molecular weight is 335 g/mol. The number of rotatable bonds is 3. The number of hydrogen-bond donors (Lipinski definition) is 1. The molecule has 0 aliphatic carbocycles. The molecule has 4 aromatic rings. The van der Waals surface area contributed by atoms with Crippen molar-refractivity contribution in [2.75, 3.05) is 0 Å². The first kappa shape index (κ1) is 15.5. The minimum atomic E-state index is -0.259. The molecule has 0 atom stereocenters. The summed E-state index contributed by atoms with van der Waals surface area (Å²) >= 11 is 0. The van der Waals surface area contributed by atoms with Gasteiger partial charge in [-0.05, 0) is 43.3 Å². The molecule has 6 heteroatoms. The average Bonchev–Trinajstić information content (AvgIpc) is 3.18. The molecule has 5 nitrogen and oxygen atoms in total. The maximum atomic E-state index is 13.2. The number of halogens is 1. The zero-order valence-corrected chi connectivity index (χ0v) is 14.3. The fourth-order valence-electron chi connectivity index (χ4n) is 3.05. The van der Waals surface area contributed by atoms with Gasteiger partial charge in [-0.15, -0.1) is 10.2 Å². The van der Waals surface area contributed by atoms with Crippen LogP contribution in [-0.2, 0) is 0 Å². The van der Waals surface area contributed by atoms with Crippen LogP contribution in [0.15, 0.2) is 42.6 Å². The number of aryl methyl sites for hydroxylation is 1. The number of aromatic nitrogens is 5. The van der Waals surface area contributed by atoms with E-state index in [1.807, 2.05) is 29.7 Å². The Bertz CT molecular complexity index is 1040. The zero-order valence-electron chi connectivity index (χ0n) is 14.3. The molecule has 0 bridgehead atoms. The first-order valence-corrected chi connectivity index (χ1v) is 8.20. The molecule has 0 spiro atoms. The van der Waals surface area contributed by atoms with Crippen LogP contribution in [0.4, 0.5) is 4.39 Å². The van der Waals surface area contributed by atoms with E-state index in [1.54, 1.807) is 12.1 Å². The van der Waals surface area contributed by atoms with E-state index in [4.69, 9.17) is 0 Å². The second-order valence-electron chi connectivity index (χ2n) is 6.44. The number of aromatic amines is 1. The molecular weight excluding hydrogens is 317 g/mol. The summed E-state index contributed by atoms with van der Waals surface area (Å²) in [6.45, 7) is 6.17. The van der Waals surface area contributed by atoms with Crippen LogP contribution in [0.3, 0.4) is 0 Å².